The number of carbonyl (C=O) groups excluding carboxylic acids is 2. The molecule has 8 nitrogen and oxygen atoms in total. The van der Waals surface area contributed by atoms with Crippen LogP contribution >= 0.6 is 0 Å². The van der Waals surface area contributed by atoms with Gasteiger partial charge in [0.2, 0.25) is 5.91 Å². The summed E-state index contributed by atoms with van der Waals surface area (Å²) in [5.74, 6) is 0.494. The summed E-state index contributed by atoms with van der Waals surface area (Å²) in [7, 11) is 1.34. The van der Waals surface area contributed by atoms with Gasteiger partial charge < -0.3 is 19.3 Å². The normalized spacial score (nSPS) is 19.2. The number of rotatable bonds is 5. The van der Waals surface area contributed by atoms with Gasteiger partial charge in [-0.3, -0.25) is 14.5 Å². The van der Waals surface area contributed by atoms with Crippen LogP contribution in [-0.4, -0.2) is 61.4 Å². The number of ether oxygens (including phenoxy) is 2. The minimum Gasteiger partial charge on any atom is -0.468 e. The minimum atomic E-state index is -0.453. The van der Waals surface area contributed by atoms with Crippen molar-refractivity contribution < 1.29 is 23.6 Å². The van der Waals surface area contributed by atoms with Crippen LogP contribution in [0.4, 0.5) is 5.82 Å². The van der Waals surface area contributed by atoms with Crippen LogP contribution in [-0.2, 0) is 19.1 Å². The Labute approximate surface area is 122 Å². The number of nitrogens with zero attached hydrogens (tertiary/aromatic N) is 2. The van der Waals surface area contributed by atoms with E-state index in [-0.39, 0.29) is 24.9 Å². The maximum absolute atomic E-state index is 11.8. The molecule has 1 aliphatic heterocycles. The number of esters is 1. The zero-order valence-electron chi connectivity index (χ0n) is 12.1. The van der Waals surface area contributed by atoms with Gasteiger partial charge in [-0.2, -0.15) is 0 Å². The zero-order valence-corrected chi connectivity index (χ0v) is 12.1. The number of aryl methyl sites for hydroxylation is 1. The van der Waals surface area contributed by atoms with Crippen LogP contribution in [0.25, 0.3) is 0 Å². The summed E-state index contributed by atoms with van der Waals surface area (Å²) >= 11 is 0. The molecule has 2 rings (SSSR count). The summed E-state index contributed by atoms with van der Waals surface area (Å²) in [6, 6.07) is 1.19. The van der Waals surface area contributed by atoms with Crippen molar-refractivity contribution in [1.82, 2.24) is 10.1 Å². The molecule has 1 fully saturated rings. The molecule has 1 N–H and O–H groups in total. The highest BCUT2D eigenvalue weighted by Gasteiger charge is 2.30. The Morgan fingerprint density at radius 2 is 2.38 bits per heavy atom. The van der Waals surface area contributed by atoms with Crippen LogP contribution in [0, 0.1) is 6.92 Å². The van der Waals surface area contributed by atoms with E-state index in [0.29, 0.717) is 31.3 Å². The topological polar surface area (TPSA) is 93.9 Å². The van der Waals surface area contributed by atoms with Crippen molar-refractivity contribution in [2.45, 2.75) is 19.4 Å². The number of hydrogen-bond acceptors (Lipinski definition) is 7. The molecule has 0 aliphatic carbocycles. The third-order valence-electron chi connectivity index (χ3n) is 3.23. The number of anilines is 1. The first kappa shape index (κ1) is 15.5. The number of aromatic nitrogens is 1. The molecular formula is C13H19N3O5. The lowest BCUT2D eigenvalue weighted by Crippen LogP contribution is -2.51. The van der Waals surface area contributed by atoms with Crippen molar-refractivity contribution in [3.63, 3.8) is 0 Å². The van der Waals surface area contributed by atoms with E-state index in [0.717, 1.165) is 0 Å². The first-order valence-electron chi connectivity index (χ1n) is 6.73. The van der Waals surface area contributed by atoms with Gasteiger partial charge in [0.05, 0.1) is 20.3 Å². The van der Waals surface area contributed by atoms with Gasteiger partial charge in [-0.05, 0) is 6.92 Å². The van der Waals surface area contributed by atoms with Crippen LogP contribution < -0.4 is 5.32 Å². The fourth-order valence-corrected chi connectivity index (χ4v) is 2.13. The van der Waals surface area contributed by atoms with Gasteiger partial charge in [-0.1, -0.05) is 5.16 Å². The van der Waals surface area contributed by atoms with Gasteiger partial charge in [0.25, 0.3) is 0 Å². The molecule has 21 heavy (non-hydrogen) atoms. The molecular weight excluding hydrogens is 278 g/mol. The molecule has 1 atom stereocenters. The Balaban J connectivity index is 1.82. The summed E-state index contributed by atoms with van der Waals surface area (Å²) in [4.78, 5) is 25.4. The summed E-state index contributed by atoms with van der Waals surface area (Å²) in [6.07, 6.45) is 0.249. The molecule has 8 heteroatoms. The molecule has 1 unspecified atom stereocenters. The van der Waals surface area contributed by atoms with Gasteiger partial charge in [0.1, 0.15) is 11.8 Å². The van der Waals surface area contributed by atoms with Gasteiger partial charge in [-0.15, -0.1) is 0 Å². The van der Waals surface area contributed by atoms with Crippen molar-refractivity contribution in [3.05, 3.63) is 11.8 Å². The van der Waals surface area contributed by atoms with E-state index in [2.05, 4.69) is 10.5 Å². The number of carbonyl (C=O) groups is 2. The lowest BCUT2D eigenvalue weighted by Gasteiger charge is -2.33. The van der Waals surface area contributed by atoms with E-state index in [1.54, 1.807) is 13.0 Å². The monoisotopic (exact) mass is 297 g/mol. The Morgan fingerprint density at radius 3 is 3.05 bits per heavy atom. The molecule has 0 spiro atoms. The number of nitrogens with one attached hydrogen (secondary N) is 1. The number of methoxy groups -OCH3 is 1. The Bertz CT molecular complexity index is 502. The molecule has 1 aromatic rings. The molecule has 0 radical (unpaired) electrons. The average Bonchev–Trinajstić information content (AvgIpc) is 2.89. The predicted octanol–water partition coefficient (Wildman–Crippen LogP) is 0.185. The quantitative estimate of drug-likeness (QED) is 0.775. The summed E-state index contributed by atoms with van der Waals surface area (Å²) < 4.78 is 14.9. The maximum atomic E-state index is 11.8. The standard InChI is InChI=1S/C13H19N3O5/c1-9-7-11(15-21-9)14-12(17)3-4-16-5-6-20-8-10(16)13(18)19-2/h7,10H,3-6,8H2,1-2H3,(H,14,15,17). The second-order valence-electron chi connectivity index (χ2n) is 4.77. The highest BCUT2D eigenvalue weighted by molar-refractivity contribution is 5.89. The van der Waals surface area contributed by atoms with Crippen LogP contribution in [0.2, 0.25) is 0 Å². The van der Waals surface area contributed by atoms with E-state index in [1.807, 2.05) is 4.90 Å². The van der Waals surface area contributed by atoms with E-state index in [1.165, 1.54) is 7.11 Å². The largest absolute Gasteiger partial charge is 0.468 e. The van der Waals surface area contributed by atoms with Crippen molar-refractivity contribution >= 4 is 17.7 Å². The predicted molar refractivity (Wildman–Crippen MR) is 72.7 cm³/mol. The van der Waals surface area contributed by atoms with Crippen LogP contribution in [0.1, 0.15) is 12.2 Å². The highest BCUT2D eigenvalue weighted by Crippen LogP contribution is 2.11. The molecule has 1 aliphatic rings. The lowest BCUT2D eigenvalue weighted by atomic mass is 10.2. The minimum absolute atomic E-state index is 0.182. The van der Waals surface area contributed by atoms with Gasteiger partial charge in [0, 0.05) is 25.6 Å². The lowest BCUT2D eigenvalue weighted by molar-refractivity contribution is -0.153. The average molecular weight is 297 g/mol. The molecule has 1 amide bonds. The van der Waals surface area contributed by atoms with Crippen LogP contribution in [0.3, 0.4) is 0 Å². The Morgan fingerprint density at radius 1 is 1.57 bits per heavy atom. The number of morpholine rings is 1. The van der Waals surface area contributed by atoms with E-state index in [4.69, 9.17) is 14.0 Å². The SMILES string of the molecule is COC(=O)C1COCCN1CCC(=O)Nc1cc(C)on1. The van der Waals surface area contributed by atoms with Gasteiger partial charge >= 0.3 is 5.97 Å². The highest BCUT2D eigenvalue weighted by atomic mass is 16.5. The Kier molecular flexibility index (Phi) is 5.29. The van der Waals surface area contributed by atoms with Crippen molar-refractivity contribution in [3.8, 4) is 0 Å². The van der Waals surface area contributed by atoms with Crippen molar-refractivity contribution in [2.75, 3.05) is 38.7 Å². The molecule has 2 heterocycles. The fraction of sp³-hybridized carbons (Fsp3) is 0.615. The summed E-state index contributed by atoms with van der Waals surface area (Å²) in [5.41, 5.74) is 0. The third-order valence-corrected chi connectivity index (χ3v) is 3.23. The van der Waals surface area contributed by atoms with Gasteiger partial charge in [0.15, 0.2) is 5.82 Å². The van der Waals surface area contributed by atoms with Crippen molar-refractivity contribution in [2.24, 2.45) is 0 Å². The first-order valence-corrected chi connectivity index (χ1v) is 6.73. The fourth-order valence-electron chi connectivity index (χ4n) is 2.13. The van der Waals surface area contributed by atoms with E-state index in [9.17, 15) is 9.59 Å². The molecule has 0 saturated carbocycles. The van der Waals surface area contributed by atoms with Crippen LogP contribution in [0.15, 0.2) is 10.6 Å². The number of amides is 1. The molecule has 1 aromatic heterocycles. The molecule has 116 valence electrons. The van der Waals surface area contributed by atoms with E-state index >= 15 is 0 Å². The molecule has 0 bridgehead atoms. The second kappa shape index (κ2) is 7.19. The molecule has 1 saturated heterocycles. The van der Waals surface area contributed by atoms with E-state index < -0.39 is 6.04 Å². The zero-order chi connectivity index (χ0) is 15.2. The number of hydrogen-bond donors (Lipinski definition) is 1. The first-order chi connectivity index (χ1) is 10.1. The van der Waals surface area contributed by atoms with Crippen molar-refractivity contribution in [1.29, 1.82) is 0 Å². The third kappa shape index (κ3) is 4.27. The van der Waals surface area contributed by atoms with Crippen LogP contribution in [0.5, 0.6) is 0 Å². The Hall–Kier alpha value is -1.93. The second-order valence-corrected chi connectivity index (χ2v) is 4.77. The molecule has 0 aromatic carbocycles. The van der Waals surface area contributed by atoms with Gasteiger partial charge in [-0.25, -0.2) is 0 Å². The smallest absolute Gasteiger partial charge is 0.325 e. The summed E-state index contributed by atoms with van der Waals surface area (Å²) in [5, 5.41) is 6.33. The maximum Gasteiger partial charge on any atom is 0.325 e. The summed E-state index contributed by atoms with van der Waals surface area (Å²) in [6.45, 7) is 3.62.